The smallest absolute Gasteiger partial charge is 0.311 e. The molecule has 0 spiro atoms. The standard InChI is InChI=1S/C20H28N2O5/c1-13(2)16(21-17(23)14-6-8-15(27-4)9-7-14)18(24)22-11-5-10-20(3,12-22)19(25)26/h6-9,13,16H,5,10-12H2,1-4H3,(H,21,23)(H,25,26). The summed E-state index contributed by atoms with van der Waals surface area (Å²) in [6, 6.07) is 5.93. The Morgan fingerprint density at radius 2 is 1.85 bits per heavy atom. The van der Waals surface area contributed by atoms with Crippen LogP contribution in [0.15, 0.2) is 24.3 Å². The molecule has 2 unspecified atom stereocenters. The summed E-state index contributed by atoms with van der Waals surface area (Å²) >= 11 is 0. The maximum Gasteiger partial charge on any atom is 0.311 e. The first-order chi connectivity index (χ1) is 12.7. The van der Waals surface area contributed by atoms with Gasteiger partial charge in [-0.15, -0.1) is 0 Å². The molecule has 148 valence electrons. The highest BCUT2D eigenvalue weighted by Crippen LogP contribution is 2.30. The number of likely N-dealkylation sites (tertiary alicyclic amines) is 1. The molecule has 0 aliphatic carbocycles. The Labute approximate surface area is 159 Å². The average Bonchev–Trinajstić information content (AvgIpc) is 2.65. The van der Waals surface area contributed by atoms with Crippen LogP contribution in [-0.4, -0.2) is 54.0 Å². The first-order valence-electron chi connectivity index (χ1n) is 9.15. The molecule has 1 aromatic carbocycles. The fraction of sp³-hybridized carbons (Fsp3) is 0.550. The molecule has 7 nitrogen and oxygen atoms in total. The maximum atomic E-state index is 13.0. The van der Waals surface area contributed by atoms with Crippen molar-refractivity contribution in [2.75, 3.05) is 20.2 Å². The summed E-state index contributed by atoms with van der Waals surface area (Å²) in [6.07, 6.45) is 1.17. The van der Waals surface area contributed by atoms with E-state index in [1.165, 1.54) is 0 Å². The van der Waals surface area contributed by atoms with Gasteiger partial charge in [-0.25, -0.2) is 0 Å². The van der Waals surface area contributed by atoms with Crippen LogP contribution >= 0.6 is 0 Å². The number of aliphatic carboxylic acids is 1. The van der Waals surface area contributed by atoms with Crippen molar-refractivity contribution in [1.82, 2.24) is 10.2 Å². The van der Waals surface area contributed by atoms with Gasteiger partial charge in [0.15, 0.2) is 0 Å². The Hall–Kier alpha value is -2.57. The number of nitrogens with one attached hydrogen (secondary N) is 1. The Balaban J connectivity index is 2.12. The number of hydrogen-bond acceptors (Lipinski definition) is 4. The van der Waals surface area contributed by atoms with Gasteiger partial charge in [0.25, 0.3) is 5.91 Å². The number of rotatable bonds is 6. The van der Waals surface area contributed by atoms with Gasteiger partial charge in [-0.1, -0.05) is 13.8 Å². The van der Waals surface area contributed by atoms with Crippen molar-refractivity contribution in [2.45, 2.75) is 39.7 Å². The van der Waals surface area contributed by atoms with Crippen molar-refractivity contribution in [2.24, 2.45) is 11.3 Å². The number of methoxy groups -OCH3 is 1. The van der Waals surface area contributed by atoms with Crippen molar-refractivity contribution in [3.8, 4) is 5.75 Å². The number of ether oxygens (including phenoxy) is 1. The number of piperidine rings is 1. The first kappa shape index (κ1) is 20.7. The lowest BCUT2D eigenvalue weighted by atomic mass is 9.81. The number of carbonyl (C=O) groups excluding carboxylic acids is 2. The van der Waals surface area contributed by atoms with Crippen LogP contribution in [0.4, 0.5) is 0 Å². The highest BCUT2D eigenvalue weighted by Gasteiger charge is 2.41. The highest BCUT2D eigenvalue weighted by atomic mass is 16.5. The fourth-order valence-electron chi connectivity index (χ4n) is 3.28. The maximum absolute atomic E-state index is 13.0. The molecule has 2 atom stereocenters. The van der Waals surface area contributed by atoms with Gasteiger partial charge in [-0.2, -0.15) is 0 Å². The normalized spacial score (nSPS) is 20.9. The Bertz CT molecular complexity index is 701. The van der Waals surface area contributed by atoms with Gasteiger partial charge < -0.3 is 20.1 Å². The molecule has 1 fully saturated rings. The topological polar surface area (TPSA) is 95.9 Å². The van der Waals surface area contributed by atoms with Crippen molar-refractivity contribution < 1.29 is 24.2 Å². The Morgan fingerprint density at radius 1 is 1.22 bits per heavy atom. The SMILES string of the molecule is COc1ccc(C(=O)NC(C(=O)N2CCCC(C)(C(=O)O)C2)C(C)C)cc1. The van der Waals surface area contributed by atoms with Crippen LogP contribution in [0.25, 0.3) is 0 Å². The van der Waals surface area contributed by atoms with E-state index < -0.39 is 17.4 Å². The van der Waals surface area contributed by atoms with E-state index in [2.05, 4.69) is 5.32 Å². The summed E-state index contributed by atoms with van der Waals surface area (Å²) < 4.78 is 5.08. The van der Waals surface area contributed by atoms with Gasteiger partial charge in [-0.05, 0) is 49.9 Å². The zero-order valence-electron chi connectivity index (χ0n) is 16.3. The summed E-state index contributed by atoms with van der Waals surface area (Å²) in [5.74, 6) is -0.966. The molecule has 1 aromatic rings. The van der Waals surface area contributed by atoms with E-state index in [0.29, 0.717) is 30.7 Å². The molecule has 1 saturated heterocycles. The molecule has 7 heteroatoms. The third-order valence-electron chi connectivity index (χ3n) is 5.10. The van der Waals surface area contributed by atoms with Crippen molar-refractivity contribution in [3.63, 3.8) is 0 Å². The predicted octanol–water partition coefficient (Wildman–Crippen LogP) is 2.16. The molecular weight excluding hydrogens is 348 g/mol. The average molecular weight is 376 g/mol. The second-order valence-electron chi connectivity index (χ2n) is 7.65. The molecule has 0 bridgehead atoms. The van der Waals surface area contributed by atoms with E-state index in [-0.39, 0.29) is 24.3 Å². The van der Waals surface area contributed by atoms with Crippen molar-refractivity contribution >= 4 is 17.8 Å². The summed E-state index contributed by atoms with van der Waals surface area (Å²) in [5, 5.41) is 12.3. The molecule has 2 N–H and O–H groups in total. The zero-order valence-corrected chi connectivity index (χ0v) is 16.3. The predicted molar refractivity (Wildman–Crippen MR) is 101 cm³/mol. The highest BCUT2D eigenvalue weighted by molar-refractivity contribution is 5.97. The van der Waals surface area contributed by atoms with Crippen LogP contribution in [0.3, 0.4) is 0 Å². The van der Waals surface area contributed by atoms with Crippen molar-refractivity contribution in [1.29, 1.82) is 0 Å². The minimum Gasteiger partial charge on any atom is -0.497 e. The molecule has 0 aromatic heterocycles. The number of hydrogen-bond donors (Lipinski definition) is 2. The van der Waals surface area contributed by atoms with E-state index in [4.69, 9.17) is 4.74 Å². The summed E-state index contributed by atoms with van der Waals surface area (Å²) in [7, 11) is 1.55. The van der Waals surface area contributed by atoms with Crippen LogP contribution in [-0.2, 0) is 9.59 Å². The molecule has 0 radical (unpaired) electrons. The van der Waals surface area contributed by atoms with Gasteiger partial charge in [0.2, 0.25) is 5.91 Å². The largest absolute Gasteiger partial charge is 0.497 e. The van der Waals surface area contributed by atoms with Crippen LogP contribution in [0.5, 0.6) is 5.75 Å². The number of carboxylic acids is 1. The minimum absolute atomic E-state index is 0.127. The second kappa shape index (κ2) is 8.41. The number of amides is 2. The van der Waals surface area contributed by atoms with E-state index in [1.807, 2.05) is 13.8 Å². The lowest BCUT2D eigenvalue weighted by molar-refractivity contribution is -0.154. The number of carboxylic acid groups (broad SMARTS) is 1. The Morgan fingerprint density at radius 3 is 2.37 bits per heavy atom. The third kappa shape index (κ3) is 4.78. The molecule has 0 saturated carbocycles. The molecule has 1 aliphatic rings. The van der Waals surface area contributed by atoms with Crippen LogP contribution in [0.1, 0.15) is 44.0 Å². The number of benzene rings is 1. The van der Waals surface area contributed by atoms with E-state index in [1.54, 1.807) is 43.2 Å². The van der Waals surface area contributed by atoms with Gasteiger partial charge in [0, 0.05) is 18.7 Å². The Kier molecular flexibility index (Phi) is 6.46. The first-order valence-corrected chi connectivity index (χ1v) is 9.15. The summed E-state index contributed by atoms with van der Waals surface area (Å²) in [5.41, 5.74) is -0.515. The molecule has 1 aliphatic heterocycles. The van der Waals surface area contributed by atoms with E-state index >= 15 is 0 Å². The monoisotopic (exact) mass is 376 g/mol. The summed E-state index contributed by atoms with van der Waals surface area (Å²) in [6.45, 7) is 6.04. The van der Waals surface area contributed by atoms with E-state index in [9.17, 15) is 19.5 Å². The molecule has 2 rings (SSSR count). The quantitative estimate of drug-likeness (QED) is 0.793. The molecular formula is C20H28N2O5. The third-order valence-corrected chi connectivity index (χ3v) is 5.10. The molecule has 27 heavy (non-hydrogen) atoms. The van der Waals surface area contributed by atoms with Crippen LogP contribution in [0, 0.1) is 11.3 Å². The van der Waals surface area contributed by atoms with E-state index in [0.717, 1.165) is 0 Å². The van der Waals surface area contributed by atoms with Gasteiger partial charge >= 0.3 is 5.97 Å². The zero-order chi connectivity index (χ0) is 20.2. The molecule has 2 amide bonds. The molecule has 1 heterocycles. The number of nitrogens with zero attached hydrogens (tertiary/aromatic N) is 1. The lowest BCUT2D eigenvalue weighted by Gasteiger charge is -2.39. The minimum atomic E-state index is -0.949. The van der Waals surface area contributed by atoms with Gasteiger partial charge in [0.1, 0.15) is 11.8 Å². The fourth-order valence-corrected chi connectivity index (χ4v) is 3.28. The van der Waals surface area contributed by atoms with Crippen LogP contribution < -0.4 is 10.1 Å². The summed E-state index contributed by atoms with van der Waals surface area (Å²) in [4.78, 5) is 38.7. The van der Waals surface area contributed by atoms with Gasteiger partial charge in [0.05, 0.1) is 12.5 Å². The second-order valence-corrected chi connectivity index (χ2v) is 7.65. The lowest BCUT2D eigenvalue weighted by Crippen LogP contribution is -2.56. The van der Waals surface area contributed by atoms with Crippen molar-refractivity contribution in [3.05, 3.63) is 29.8 Å². The number of carbonyl (C=O) groups is 3. The van der Waals surface area contributed by atoms with Gasteiger partial charge in [-0.3, -0.25) is 14.4 Å². The van der Waals surface area contributed by atoms with Crippen LogP contribution in [0.2, 0.25) is 0 Å².